The summed E-state index contributed by atoms with van der Waals surface area (Å²) in [6.45, 7) is 0.0840. The van der Waals surface area contributed by atoms with E-state index in [1.165, 1.54) is 0 Å². The van der Waals surface area contributed by atoms with Crippen molar-refractivity contribution in [2.24, 2.45) is 5.92 Å². The normalized spacial score (nSPS) is 18.2. The molecular weight excluding hydrogens is 537 g/mol. The Morgan fingerprint density at radius 2 is 1.68 bits per heavy atom. The quantitative estimate of drug-likeness (QED) is 0.296. The Labute approximate surface area is 226 Å². The van der Waals surface area contributed by atoms with Crippen molar-refractivity contribution in [3.63, 3.8) is 0 Å². The largest absolute Gasteiger partial charge is 0.490 e. The van der Waals surface area contributed by atoms with Crippen molar-refractivity contribution in [2.75, 3.05) is 30.9 Å². The molecule has 0 spiro atoms. The maximum absolute atomic E-state index is 13.7. The van der Waals surface area contributed by atoms with E-state index in [4.69, 9.17) is 0 Å². The highest BCUT2D eigenvalue weighted by molar-refractivity contribution is 5.90. The number of aromatic nitrogens is 2. The Kier molecular flexibility index (Phi) is 8.70. The van der Waals surface area contributed by atoms with E-state index < -0.39 is 41.4 Å². The fourth-order valence-electron chi connectivity index (χ4n) is 4.67. The zero-order valence-electron chi connectivity index (χ0n) is 21.8. The predicted octanol–water partition coefficient (Wildman–Crippen LogP) is 4.91. The van der Waals surface area contributed by atoms with Crippen molar-refractivity contribution in [2.45, 2.75) is 44.0 Å². The van der Waals surface area contributed by atoms with Crippen molar-refractivity contribution in [3.05, 3.63) is 59.7 Å². The molecule has 2 N–H and O–H groups in total. The van der Waals surface area contributed by atoms with E-state index in [2.05, 4.69) is 25.3 Å². The summed E-state index contributed by atoms with van der Waals surface area (Å²) in [5.74, 6) is -4.75. The summed E-state index contributed by atoms with van der Waals surface area (Å²) in [4.78, 5) is 35.3. The van der Waals surface area contributed by atoms with E-state index in [1.54, 1.807) is 0 Å². The third kappa shape index (κ3) is 7.13. The number of carbonyl (C=O) groups is 2. The third-order valence-corrected chi connectivity index (χ3v) is 6.63. The lowest BCUT2D eigenvalue weighted by Crippen LogP contribution is -2.39. The summed E-state index contributed by atoms with van der Waals surface area (Å²) in [5.41, 5.74) is 0.257. The zero-order valence-corrected chi connectivity index (χ0v) is 21.8. The first-order valence-electron chi connectivity index (χ1n) is 12.6. The number of nitrogens with one attached hydrogen (secondary N) is 2. The molecule has 13 heteroatoms. The molecule has 0 bridgehead atoms. The molecule has 1 aromatic heterocycles. The van der Waals surface area contributed by atoms with Gasteiger partial charge < -0.3 is 20.3 Å². The van der Waals surface area contributed by atoms with Gasteiger partial charge in [-0.05, 0) is 55.9 Å². The average molecular weight is 566 g/mol. The van der Waals surface area contributed by atoms with Crippen LogP contribution in [0, 0.1) is 17.6 Å². The lowest BCUT2D eigenvalue weighted by atomic mass is 9.86. The lowest BCUT2D eigenvalue weighted by molar-refractivity contribution is -0.205. The molecule has 214 valence electrons. The minimum absolute atomic E-state index is 0.0138. The summed E-state index contributed by atoms with van der Waals surface area (Å²) in [7, 11) is 3.80. The van der Waals surface area contributed by atoms with Crippen LogP contribution in [0.3, 0.4) is 0 Å². The smallest absolute Gasteiger partial charge is 0.441 e. The van der Waals surface area contributed by atoms with Gasteiger partial charge >= 0.3 is 12.1 Å². The third-order valence-electron chi connectivity index (χ3n) is 6.63. The summed E-state index contributed by atoms with van der Waals surface area (Å²) in [5, 5.41) is 6.77. The Morgan fingerprint density at radius 3 is 2.30 bits per heavy atom. The molecule has 2 aromatic carbocycles. The molecule has 1 heterocycles. The summed E-state index contributed by atoms with van der Waals surface area (Å²) >= 11 is 0. The molecule has 8 nitrogen and oxygen atoms in total. The number of esters is 1. The van der Waals surface area contributed by atoms with Gasteiger partial charge in [-0.2, -0.15) is 18.2 Å². The number of anilines is 2. The zero-order chi connectivity index (χ0) is 29.0. The van der Waals surface area contributed by atoms with E-state index in [9.17, 15) is 31.5 Å². The molecule has 1 amide bonds. The molecule has 1 aliphatic rings. The van der Waals surface area contributed by atoms with Crippen LogP contribution in [0.4, 0.5) is 33.7 Å². The van der Waals surface area contributed by atoms with Crippen LogP contribution in [0.5, 0.6) is 0 Å². The van der Waals surface area contributed by atoms with Crippen molar-refractivity contribution >= 4 is 34.5 Å². The van der Waals surface area contributed by atoms with Gasteiger partial charge in [0.1, 0.15) is 17.5 Å². The Morgan fingerprint density at radius 1 is 1.02 bits per heavy atom. The number of alkyl halides is 3. The molecule has 1 saturated carbocycles. The topological polar surface area (TPSA) is 96.5 Å². The van der Waals surface area contributed by atoms with Crippen LogP contribution in [0.1, 0.15) is 37.4 Å². The first-order valence-corrected chi connectivity index (χ1v) is 12.6. The number of benzene rings is 2. The molecular formula is C27H28F5N5O3. The molecule has 0 aliphatic heterocycles. The second-order valence-electron chi connectivity index (χ2n) is 9.88. The highest BCUT2D eigenvalue weighted by atomic mass is 19.4. The monoisotopic (exact) mass is 565 g/mol. The molecule has 1 aliphatic carbocycles. The van der Waals surface area contributed by atoms with E-state index in [-0.39, 0.29) is 18.5 Å². The van der Waals surface area contributed by atoms with Gasteiger partial charge in [0.2, 0.25) is 12.1 Å². The molecule has 1 unspecified atom stereocenters. The minimum atomic E-state index is -5.39. The van der Waals surface area contributed by atoms with E-state index in [0.29, 0.717) is 37.0 Å². The van der Waals surface area contributed by atoms with E-state index >= 15 is 0 Å². The second kappa shape index (κ2) is 12.0. The Hall–Kier alpha value is -4.03. The average Bonchev–Trinajstić information content (AvgIpc) is 2.89. The van der Waals surface area contributed by atoms with Crippen LogP contribution >= 0.6 is 0 Å². The SMILES string of the molecule is CN(C)c1nc(N[C@H]2CC[C@@H](CNC(=O)C(OC(=O)C(F)(F)F)c3cc(F)cc(F)c3)CC2)nc2ccccc12. The van der Waals surface area contributed by atoms with Gasteiger partial charge in [-0.1, -0.05) is 12.1 Å². The molecule has 4 rings (SSSR count). The predicted molar refractivity (Wildman–Crippen MR) is 137 cm³/mol. The van der Waals surface area contributed by atoms with Crippen molar-refractivity contribution in [1.82, 2.24) is 15.3 Å². The van der Waals surface area contributed by atoms with Gasteiger partial charge in [-0.3, -0.25) is 4.79 Å². The van der Waals surface area contributed by atoms with Crippen LogP contribution in [0.2, 0.25) is 0 Å². The van der Waals surface area contributed by atoms with Crippen LogP contribution in [-0.4, -0.2) is 54.7 Å². The van der Waals surface area contributed by atoms with Crippen LogP contribution in [-0.2, 0) is 14.3 Å². The maximum atomic E-state index is 13.7. The van der Waals surface area contributed by atoms with Gasteiger partial charge in [0.25, 0.3) is 5.91 Å². The standard InChI is InChI=1S/C27H28F5N5O3/c1-37(2)23-20-5-3-4-6-21(20)35-26(36-23)34-19-9-7-15(8-10-19)14-33-24(38)22(40-25(39)27(30,31)32)16-11-17(28)13-18(29)12-16/h3-6,11-13,15,19,22H,7-10,14H2,1-2H3,(H,33,38)(H,34,35,36)/t15-,19+,22?. The second-order valence-corrected chi connectivity index (χ2v) is 9.88. The summed E-state index contributed by atoms with van der Waals surface area (Å²) in [6, 6.07) is 9.52. The van der Waals surface area contributed by atoms with Gasteiger partial charge in [-0.15, -0.1) is 0 Å². The maximum Gasteiger partial charge on any atom is 0.490 e. The fourth-order valence-corrected chi connectivity index (χ4v) is 4.67. The lowest BCUT2D eigenvalue weighted by Gasteiger charge is -2.30. The van der Waals surface area contributed by atoms with Crippen molar-refractivity contribution < 1.29 is 36.3 Å². The number of nitrogens with zero attached hydrogens (tertiary/aromatic N) is 3. The van der Waals surface area contributed by atoms with Crippen molar-refractivity contribution in [3.8, 4) is 0 Å². The Balaban J connectivity index is 1.36. The van der Waals surface area contributed by atoms with Crippen LogP contribution in [0.25, 0.3) is 10.9 Å². The first kappa shape index (κ1) is 29.0. The number of carbonyl (C=O) groups excluding carboxylic acids is 2. The van der Waals surface area contributed by atoms with Gasteiger partial charge in [0.05, 0.1) is 5.52 Å². The summed E-state index contributed by atoms with van der Waals surface area (Å²) < 4.78 is 70.0. The summed E-state index contributed by atoms with van der Waals surface area (Å²) in [6.07, 6.45) is -4.78. The van der Waals surface area contributed by atoms with Crippen LogP contribution < -0.4 is 15.5 Å². The van der Waals surface area contributed by atoms with E-state index in [1.807, 2.05) is 43.3 Å². The van der Waals surface area contributed by atoms with Gasteiger partial charge in [0.15, 0.2) is 0 Å². The highest BCUT2D eigenvalue weighted by Crippen LogP contribution is 2.29. The molecule has 40 heavy (non-hydrogen) atoms. The molecule has 0 saturated heterocycles. The first-order chi connectivity index (χ1) is 18.9. The number of halogens is 5. The number of hydrogen-bond acceptors (Lipinski definition) is 7. The number of rotatable bonds is 8. The number of ether oxygens (including phenoxy) is 1. The van der Waals surface area contributed by atoms with E-state index in [0.717, 1.165) is 29.6 Å². The van der Waals surface area contributed by atoms with Gasteiger partial charge in [-0.25, -0.2) is 18.6 Å². The molecule has 3 aromatic rings. The molecule has 0 radical (unpaired) electrons. The fraction of sp³-hybridized carbons (Fsp3) is 0.407. The van der Waals surface area contributed by atoms with Gasteiger partial charge in [0, 0.05) is 43.7 Å². The highest BCUT2D eigenvalue weighted by Gasteiger charge is 2.44. The number of fused-ring (bicyclic) bond motifs is 1. The number of para-hydroxylation sites is 1. The number of hydrogen-bond donors (Lipinski definition) is 2. The molecule has 1 fully saturated rings. The van der Waals surface area contributed by atoms with Crippen LogP contribution in [0.15, 0.2) is 42.5 Å². The Bertz CT molecular complexity index is 1360. The van der Waals surface area contributed by atoms with Crippen molar-refractivity contribution in [1.29, 1.82) is 0 Å². The molecule has 1 atom stereocenters. The number of amides is 1. The minimum Gasteiger partial charge on any atom is -0.441 e.